The van der Waals surface area contributed by atoms with E-state index in [4.69, 9.17) is 4.42 Å². The monoisotopic (exact) mass is 352 g/mol. The van der Waals surface area contributed by atoms with Crippen molar-refractivity contribution in [2.24, 2.45) is 0 Å². The highest BCUT2D eigenvalue weighted by molar-refractivity contribution is 5.94. The third-order valence-corrected chi connectivity index (χ3v) is 4.32. The SMILES string of the molecule is O=C(CN1CCN(Cc2ccc(C(F)(F)F)cc2)CC1)c1ccco1. The van der Waals surface area contributed by atoms with Crippen molar-refractivity contribution < 1.29 is 22.4 Å². The van der Waals surface area contributed by atoms with Gasteiger partial charge in [-0.2, -0.15) is 13.2 Å². The van der Waals surface area contributed by atoms with Gasteiger partial charge in [0.15, 0.2) is 5.76 Å². The summed E-state index contributed by atoms with van der Waals surface area (Å²) in [5.41, 5.74) is 0.227. The molecular weight excluding hydrogens is 333 g/mol. The van der Waals surface area contributed by atoms with Gasteiger partial charge in [-0.25, -0.2) is 0 Å². The second-order valence-electron chi connectivity index (χ2n) is 6.15. The van der Waals surface area contributed by atoms with Crippen molar-refractivity contribution in [3.8, 4) is 0 Å². The summed E-state index contributed by atoms with van der Waals surface area (Å²) in [5, 5.41) is 0. The van der Waals surface area contributed by atoms with Crippen LogP contribution in [-0.4, -0.2) is 48.3 Å². The number of rotatable bonds is 5. The molecule has 3 rings (SSSR count). The summed E-state index contributed by atoms with van der Waals surface area (Å²) in [6.45, 7) is 3.96. The van der Waals surface area contributed by atoms with Gasteiger partial charge < -0.3 is 4.42 Å². The minimum Gasteiger partial charge on any atom is -0.461 e. The molecule has 1 aromatic carbocycles. The minimum atomic E-state index is -4.30. The van der Waals surface area contributed by atoms with Crippen molar-refractivity contribution in [2.75, 3.05) is 32.7 Å². The van der Waals surface area contributed by atoms with E-state index in [1.165, 1.54) is 18.4 Å². The molecule has 0 bridgehead atoms. The average Bonchev–Trinajstić information content (AvgIpc) is 3.11. The number of nitrogens with zero attached hydrogens (tertiary/aromatic N) is 2. The summed E-state index contributed by atoms with van der Waals surface area (Å²) in [7, 11) is 0. The number of piperazine rings is 1. The van der Waals surface area contributed by atoms with Crippen molar-refractivity contribution >= 4 is 5.78 Å². The van der Waals surface area contributed by atoms with Crippen LogP contribution < -0.4 is 0 Å². The van der Waals surface area contributed by atoms with Gasteiger partial charge in [-0.3, -0.25) is 14.6 Å². The van der Waals surface area contributed by atoms with Crippen LogP contribution in [0.15, 0.2) is 47.1 Å². The Hall–Kier alpha value is -2.12. The number of benzene rings is 1. The van der Waals surface area contributed by atoms with E-state index in [1.807, 2.05) is 0 Å². The van der Waals surface area contributed by atoms with Crippen LogP contribution in [-0.2, 0) is 12.7 Å². The van der Waals surface area contributed by atoms with Gasteiger partial charge in [-0.05, 0) is 29.8 Å². The molecule has 2 aromatic rings. The molecule has 0 saturated carbocycles. The van der Waals surface area contributed by atoms with Crippen molar-refractivity contribution in [1.82, 2.24) is 9.80 Å². The standard InChI is InChI=1S/C18H19F3N2O2/c19-18(20,21)15-5-3-14(4-6-15)12-22-7-9-23(10-8-22)13-16(24)17-2-1-11-25-17/h1-6,11H,7-10,12-13H2. The van der Waals surface area contributed by atoms with Gasteiger partial charge in [-0.1, -0.05) is 12.1 Å². The Labute approximate surface area is 143 Å². The van der Waals surface area contributed by atoms with Gasteiger partial charge in [-0.15, -0.1) is 0 Å². The summed E-state index contributed by atoms with van der Waals surface area (Å²) in [6.07, 6.45) is -2.82. The van der Waals surface area contributed by atoms with Crippen LogP contribution in [0, 0.1) is 0 Å². The molecule has 0 spiro atoms. The lowest BCUT2D eigenvalue weighted by Crippen LogP contribution is -2.47. The third-order valence-electron chi connectivity index (χ3n) is 4.32. The predicted octanol–water partition coefficient (Wildman–Crippen LogP) is 3.30. The van der Waals surface area contributed by atoms with Crippen LogP contribution in [0.4, 0.5) is 13.2 Å². The minimum absolute atomic E-state index is 0.0406. The molecule has 7 heteroatoms. The maximum Gasteiger partial charge on any atom is 0.416 e. The Bertz CT molecular complexity index is 688. The molecule has 25 heavy (non-hydrogen) atoms. The quantitative estimate of drug-likeness (QED) is 0.774. The Balaban J connectivity index is 1.47. The number of carbonyl (C=O) groups is 1. The van der Waals surface area contributed by atoms with Gasteiger partial charge in [0.25, 0.3) is 0 Å². The van der Waals surface area contributed by atoms with E-state index in [-0.39, 0.29) is 5.78 Å². The highest BCUT2D eigenvalue weighted by atomic mass is 19.4. The first-order valence-corrected chi connectivity index (χ1v) is 8.09. The molecule has 4 nitrogen and oxygen atoms in total. The van der Waals surface area contributed by atoms with E-state index >= 15 is 0 Å². The number of Topliss-reactive ketones (excluding diaryl/α,β-unsaturated/α-hetero) is 1. The van der Waals surface area contributed by atoms with Gasteiger partial charge in [0.1, 0.15) is 0 Å². The normalized spacial score (nSPS) is 16.9. The third kappa shape index (κ3) is 4.70. The van der Waals surface area contributed by atoms with Crippen molar-refractivity contribution in [3.05, 3.63) is 59.5 Å². The molecule has 1 saturated heterocycles. The van der Waals surface area contributed by atoms with Crippen molar-refractivity contribution in [1.29, 1.82) is 0 Å². The molecule has 2 heterocycles. The van der Waals surface area contributed by atoms with E-state index in [2.05, 4.69) is 9.80 Å². The van der Waals surface area contributed by atoms with Crippen LogP contribution >= 0.6 is 0 Å². The fourth-order valence-electron chi connectivity index (χ4n) is 2.88. The second kappa shape index (κ2) is 7.41. The Morgan fingerprint density at radius 1 is 1.00 bits per heavy atom. The van der Waals surface area contributed by atoms with E-state index in [0.717, 1.165) is 43.9 Å². The highest BCUT2D eigenvalue weighted by Gasteiger charge is 2.30. The van der Waals surface area contributed by atoms with Gasteiger partial charge in [0.2, 0.25) is 5.78 Å². The van der Waals surface area contributed by atoms with Gasteiger partial charge in [0.05, 0.1) is 18.4 Å². The van der Waals surface area contributed by atoms with Crippen LogP contribution in [0.1, 0.15) is 21.7 Å². The topological polar surface area (TPSA) is 36.7 Å². The van der Waals surface area contributed by atoms with Crippen LogP contribution in [0.5, 0.6) is 0 Å². The number of alkyl halides is 3. The first-order chi connectivity index (χ1) is 11.9. The van der Waals surface area contributed by atoms with Crippen molar-refractivity contribution in [3.63, 3.8) is 0 Å². The fourth-order valence-corrected chi connectivity index (χ4v) is 2.88. The number of ketones is 1. The number of hydrogen-bond donors (Lipinski definition) is 0. The lowest BCUT2D eigenvalue weighted by Gasteiger charge is -2.34. The first-order valence-electron chi connectivity index (χ1n) is 8.09. The number of furan rings is 1. The molecule has 1 fully saturated rings. The molecule has 0 N–H and O–H groups in total. The van der Waals surface area contributed by atoms with E-state index in [0.29, 0.717) is 18.8 Å². The number of hydrogen-bond acceptors (Lipinski definition) is 4. The first kappa shape index (κ1) is 17.7. The van der Waals surface area contributed by atoms with E-state index < -0.39 is 11.7 Å². The average molecular weight is 352 g/mol. The highest BCUT2D eigenvalue weighted by Crippen LogP contribution is 2.29. The second-order valence-corrected chi connectivity index (χ2v) is 6.15. The van der Waals surface area contributed by atoms with Gasteiger partial charge in [0, 0.05) is 32.7 Å². The summed E-state index contributed by atoms with van der Waals surface area (Å²) in [6, 6.07) is 8.63. The largest absolute Gasteiger partial charge is 0.461 e. The lowest BCUT2D eigenvalue weighted by atomic mass is 10.1. The summed E-state index contributed by atoms with van der Waals surface area (Å²) < 4.78 is 42.8. The van der Waals surface area contributed by atoms with Crippen LogP contribution in [0.25, 0.3) is 0 Å². The Kier molecular flexibility index (Phi) is 5.24. The molecule has 0 aliphatic carbocycles. The molecular formula is C18H19F3N2O2. The summed E-state index contributed by atoms with van der Waals surface area (Å²) in [5.74, 6) is 0.327. The van der Waals surface area contributed by atoms with Crippen molar-refractivity contribution in [2.45, 2.75) is 12.7 Å². The lowest BCUT2D eigenvalue weighted by molar-refractivity contribution is -0.137. The zero-order valence-corrected chi connectivity index (χ0v) is 13.6. The van der Waals surface area contributed by atoms with Gasteiger partial charge >= 0.3 is 6.18 Å². The smallest absolute Gasteiger partial charge is 0.416 e. The zero-order valence-electron chi connectivity index (χ0n) is 13.6. The maximum atomic E-state index is 12.6. The fraction of sp³-hybridized carbons (Fsp3) is 0.389. The molecule has 0 unspecified atom stereocenters. The molecule has 1 aromatic heterocycles. The number of carbonyl (C=O) groups excluding carboxylic acids is 1. The molecule has 0 amide bonds. The number of halogens is 3. The van der Waals surface area contributed by atoms with Crippen LogP contribution in [0.3, 0.4) is 0 Å². The maximum absolute atomic E-state index is 12.6. The molecule has 1 aliphatic heterocycles. The molecule has 134 valence electrons. The van der Waals surface area contributed by atoms with E-state index in [9.17, 15) is 18.0 Å². The molecule has 0 radical (unpaired) electrons. The zero-order chi connectivity index (χ0) is 17.9. The van der Waals surface area contributed by atoms with E-state index in [1.54, 1.807) is 12.1 Å². The summed E-state index contributed by atoms with van der Waals surface area (Å²) in [4.78, 5) is 16.3. The molecule has 0 atom stereocenters. The Morgan fingerprint density at radius 2 is 1.64 bits per heavy atom. The Morgan fingerprint density at radius 3 is 2.20 bits per heavy atom. The summed E-state index contributed by atoms with van der Waals surface area (Å²) >= 11 is 0. The van der Waals surface area contributed by atoms with Crippen LogP contribution in [0.2, 0.25) is 0 Å². The molecule has 1 aliphatic rings. The predicted molar refractivity (Wildman–Crippen MR) is 86.2 cm³/mol.